The van der Waals surface area contributed by atoms with Gasteiger partial charge in [-0.3, -0.25) is 24.2 Å². The monoisotopic (exact) mass is 867 g/mol. The molecular weight excluding hydrogens is 819 g/mol. The number of aromatic hydroxyl groups is 1. The summed E-state index contributed by atoms with van der Waals surface area (Å²) < 4.78 is 23.8. The fourth-order valence-electron chi connectivity index (χ4n) is 7.72. The number of guanidine groups is 1. The van der Waals surface area contributed by atoms with E-state index in [1.807, 2.05) is 6.07 Å². The molecule has 13 N–H and O–H groups in total. The molecule has 2 aliphatic rings. The summed E-state index contributed by atoms with van der Waals surface area (Å²) in [6.07, 6.45) is -4.42. The number of carbonyl (C=O) groups excluding carboxylic acids is 4. The number of esters is 1. The van der Waals surface area contributed by atoms with Crippen molar-refractivity contribution in [3.63, 3.8) is 0 Å². The second-order valence-electron chi connectivity index (χ2n) is 15.0. The summed E-state index contributed by atoms with van der Waals surface area (Å²) in [5.41, 5.74) is 23.4. The lowest BCUT2D eigenvalue weighted by Crippen LogP contribution is -2.59. The second kappa shape index (κ2) is 19.8. The fourth-order valence-corrected chi connectivity index (χ4v) is 7.72. The van der Waals surface area contributed by atoms with Crippen LogP contribution in [0.4, 0.5) is 0 Å². The Kier molecular flexibility index (Phi) is 14.5. The van der Waals surface area contributed by atoms with Gasteiger partial charge < -0.3 is 67.4 Å². The smallest absolute Gasteiger partial charge is 0.308 e. The van der Waals surface area contributed by atoms with Gasteiger partial charge in [0, 0.05) is 53.3 Å². The van der Waals surface area contributed by atoms with E-state index in [-0.39, 0.29) is 93.7 Å². The Morgan fingerprint density at radius 2 is 1.67 bits per heavy atom. The lowest BCUT2D eigenvalue weighted by Gasteiger charge is -2.41. The van der Waals surface area contributed by atoms with Gasteiger partial charge in [0.25, 0.3) is 0 Å². The zero-order valence-corrected chi connectivity index (χ0v) is 34.4. The maximum Gasteiger partial charge on any atom is 0.308 e. The standard InChI is InChI=1S/C45H49N5O13/c1-21-37(55)41(59)42(60-14-12-50-45(48)49)44(61-21)63-33-18-30-36(38(56)29(33)16-25-7-4-8-27(43(46)47)31(25)20-53)40(58)34-26(19-52)17-32(62-22(2)54)28(35(34)39(30)57)10-9-23-5-3-6-24(15-23)11-13-51/h3-10,15,17-18,20-21,37,41-44,51-52,55-56,59H,11-14,16,19,46-47H2,1-2H3,(H4,48,49,50)/b10-9+/t21-,37+,41+,42+,44+/m0/s1. The Hall–Kier alpha value is -6.35. The molecule has 0 aromatic heterocycles. The van der Waals surface area contributed by atoms with Crippen LogP contribution in [0.2, 0.25) is 0 Å². The van der Waals surface area contributed by atoms with Gasteiger partial charge >= 0.3 is 5.97 Å². The van der Waals surface area contributed by atoms with E-state index in [1.165, 1.54) is 25.1 Å². The number of aliphatic imine (C=N–C) groups is 1. The Labute approximate surface area is 361 Å². The Bertz CT molecular complexity index is 2480. The minimum atomic E-state index is -1.60. The molecule has 4 aromatic carbocycles. The van der Waals surface area contributed by atoms with E-state index in [2.05, 4.69) is 4.99 Å². The van der Waals surface area contributed by atoms with Crippen molar-refractivity contribution in [2.24, 2.45) is 27.9 Å². The summed E-state index contributed by atoms with van der Waals surface area (Å²) in [4.78, 5) is 58.6. The Balaban J connectivity index is 1.57. The number of carbonyl (C=O) groups is 4. The van der Waals surface area contributed by atoms with E-state index in [1.54, 1.807) is 42.5 Å². The van der Waals surface area contributed by atoms with Crippen LogP contribution in [0.15, 0.2) is 59.6 Å². The van der Waals surface area contributed by atoms with E-state index in [0.29, 0.717) is 18.3 Å². The van der Waals surface area contributed by atoms with Crippen molar-refractivity contribution in [2.45, 2.75) is 70.2 Å². The average molecular weight is 868 g/mol. The van der Waals surface area contributed by atoms with E-state index in [0.717, 1.165) is 12.5 Å². The van der Waals surface area contributed by atoms with Gasteiger partial charge in [0.2, 0.25) is 6.29 Å². The van der Waals surface area contributed by atoms with Crippen molar-refractivity contribution in [3.8, 4) is 17.2 Å². The largest absolute Gasteiger partial charge is 0.507 e. The Morgan fingerprint density at radius 1 is 0.921 bits per heavy atom. The number of aliphatic hydroxyl groups is 4. The molecule has 0 spiro atoms. The first-order valence-electron chi connectivity index (χ1n) is 19.9. The third-order valence-electron chi connectivity index (χ3n) is 10.7. The van der Waals surface area contributed by atoms with Crippen molar-refractivity contribution in [1.29, 1.82) is 0 Å². The van der Waals surface area contributed by atoms with E-state index in [9.17, 15) is 39.9 Å². The number of ketones is 2. The molecule has 1 heterocycles. The predicted octanol–water partition coefficient (Wildman–Crippen LogP) is 1.11. The quantitative estimate of drug-likeness (QED) is 0.00980. The topological polar surface area (TPSA) is 323 Å². The molecule has 4 aromatic rings. The number of benzene rings is 4. The van der Waals surface area contributed by atoms with Crippen molar-refractivity contribution >= 4 is 41.9 Å². The fraction of sp³-hybridized carbons (Fsp3) is 0.311. The number of nitrogens with two attached hydrogens (primary N) is 4. The van der Waals surface area contributed by atoms with E-state index in [4.69, 9.17) is 41.9 Å². The van der Waals surface area contributed by atoms with Crippen LogP contribution in [-0.2, 0) is 33.7 Å². The summed E-state index contributed by atoms with van der Waals surface area (Å²) in [6, 6.07) is 14.3. The molecule has 0 unspecified atom stereocenters. The number of ether oxygens (including phenoxy) is 4. The number of phenolic OH excluding ortho intramolecular Hbond substituents is 1. The number of aldehydes is 1. The normalized spacial score (nSPS) is 19.5. The van der Waals surface area contributed by atoms with Crippen molar-refractivity contribution in [3.05, 3.63) is 121 Å². The highest BCUT2D eigenvalue weighted by atomic mass is 16.7. The highest BCUT2D eigenvalue weighted by molar-refractivity contribution is 6.31. The molecule has 0 saturated carbocycles. The zero-order valence-electron chi connectivity index (χ0n) is 34.4. The minimum absolute atomic E-state index is 0.00125. The molecular formula is C45H49N5O13. The molecule has 63 heavy (non-hydrogen) atoms. The van der Waals surface area contributed by atoms with Crippen LogP contribution in [0, 0.1) is 0 Å². The van der Waals surface area contributed by atoms with Crippen molar-refractivity contribution in [2.75, 3.05) is 19.8 Å². The molecule has 1 saturated heterocycles. The molecule has 0 radical (unpaired) electrons. The number of aliphatic hydroxyl groups excluding tert-OH is 4. The third-order valence-corrected chi connectivity index (χ3v) is 10.7. The summed E-state index contributed by atoms with van der Waals surface area (Å²) in [7, 11) is 0. The van der Waals surface area contributed by atoms with Crippen molar-refractivity contribution in [1.82, 2.24) is 0 Å². The highest BCUT2D eigenvalue weighted by Gasteiger charge is 2.46. The number of phenols is 1. The summed E-state index contributed by atoms with van der Waals surface area (Å²) in [5.74, 6) is -3.83. The molecule has 18 nitrogen and oxygen atoms in total. The maximum absolute atomic E-state index is 15.0. The first kappa shape index (κ1) is 46.2. The molecule has 5 atom stereocenters. The van der Waals surface area contributed by atoms with Gasteiger partial charge in [-0.1, -0.05) is 48.5 Å². The molecule has 1 fully saturated rings. The third kappa shape index (κ3) is 9.68. The summed E-state index contributed by atoms with van der Waals surface area (Å²) in [6.45, 7) is 1.52. The number of rotatable bonds is 16. The lowest BCUT2D eigenvalue weighted by atomic mass is 9.77. The van der Waals surface area contributed by atoms with Gasteiger partial charge in [0.05, 0.1) is 37.6 Å². The molecule has 1 aliphatic carbocycles. The van der Waals surface area contributed by atoms with Crippen LogP contribution in [0.5, 0.6) is 17.2 Å². The first-order chi connectivity index (χ1) is 30.1. The first-order valence-corrected chi connectivity index (χ1v) is 19.9. The molecule has 1 aliphatic heterocycles. The number of nitrogens with zero attached hydrogens (tertiary/aromatic N) is 1. The average Bonchev–Trinajstić information content (AvgIpc) is 3.24. The van der Waals surface area contributed by atoms with Gasteiger partial charge in [0.15, 0.2) is 23.8 Å². The van der Waals surface area contributed by atoms with E-state index < -0.39 is 72.3 Å². The second-order valence-corrected chi connectivity index (χ2v) is 15.0. The van der Waals surface area contributed by atoms with E-state index >= 15 is 4.79 Å². The van der Waals surface area contributed by atoms with Crippen LogP contribution < -0.4 is 32.4 Å². The number of hydrogen-bond donors (Lipinski definition) is 9. The van der Waals surface area contributed by atoms with Crippen molar-refractivity contribution < 1.29 is 63.7 Å². The number of hydrogen-bond acceptors (Lipinski definition) is 16. The van der Waals surface area contributed by atoms with Gasteiger partial charge in [0.1, 0.15) is 35.6 Å². The lowest BCUT2D eigenvalue weighted by molar-refractivity contribution is -0.278. The van der Waals surface area contributed by atoms with Crippen LogP contribution in [-0.4, -0.2) is 106 Å². The maximum atomic E-state index is 15.0. The SMILES string of the molecule is CC(=O)Oc1cc(CO)c2c(c1/C=C/c1cccc(CCO)c1)C(=O)c1cc(O[C@H]3O[C@@H](C)[C@@H](O)[C@@H](O)[C@H]3OCCN=C(N)N)c(Cc3cccc(C(N)N)c3C=O)c(O)c1C2=O. The molecule has 0 bridgehead atoms. The number of fused-ring (bicyclic) bond motifs is 2. The van der Waals surface area contributed by atoms with Crippen LogP contribution in [0.25, 0.3) is 12.2 Å². The van der Waals surface area contributed by atoms with Gasteiger partial charge in [-0.25, -0.2) is 0 Å². The van der Waals surface area contributed by atoms with Gasteiger partial charge in [-0.2, -0.15) is 0 Å². The predicted molar refractivity (Wildman–Crippen MR) is 228 cm³/mol. The summed E-state index contributed by atoms with van der Waals surface area (Å²) >= 11 is 0. The van der Waals surface area contributed by atoms with Crippen LogP contribution in [0.3, 0.4) is 0 Å². The Morgan fingerprint density at radius 3 is 2.33 bits per heavy atom. The van der Waals surface area contributed by atoms with Crippen LogP contribution >= 0.6 is 0 Å². The minimum Gasteiger partial charge on any atom is -0.507 e. The van der Waals surface area contributed by atoms with Crippen LogP contribution in [0.1, 0.15) is 101 Å². The molecule has 0 amide bonds. The molecule has 332 valence electrons. The molecule has 6 rings (SSSR count). The zero-order chi connectivity index (χ0) is 45.7. The van der Waals surface area contributed by atoms with Gasteiger partial charge in [-0.05, 0) is 59.4 Å². The molecule has 18 heteroatoms. The summed E-state index contributed by atoms with van der Waals surface area (Å²) in [5, 5.41) is 54.3. The van der Waals surface area contributed by atoms with Gasteiger partial charge in [-0.15, -0.1) is 0 Å². The highest BCUT2D eigenvalue weighted by Crippen LogP contribution is 2.45.